The first-order valence-corrected chi connectivity index (χ1v) is 7.46. The molecule has 1 aliphatic heterocycles. The van der Waals surface area contributed by atoms with Crippen molar-refractivity contribution in [1.82, 2.24) is 0 Å². The molecule has 1 heterocycles. The predicted octanol–water partition coefficient (Wildman–Crippen LogP) is 2.56. The first-order chi connectivity index (χ1) is 11.7. The Morgan fingerprint density at radius 1 is 1.32 bits per heavy atom. The summed E-state index contributed by atoms with van der Waals surface area (Å²) in [6.45, 7) is 2.76. The molecule has 0 aromatic heterocycles. The number of esters is 1. The minimum absolute atomic E-state index is 0.275. The van der Waals surface area contributed by atoms with Gasteiger partial charge in [-0.2, -0.15) is 8.78 Å². The molecule has 25 heavy (non-hydrogen) atoms. The van der Waals surface area contributed by atoms with Crippen LogP contribution >= 0.6 is 0 Å². The summed E-state index contributed by atoms with van der Waals surface area (Å²) in [6.07, 6.45) is -4.72. The number of hydrogen-bond donors (Lipinski definition) is 1. The van der Waals surface area contributed by atoms with Crippen molar-refractivity contribution in [3.63, 3.8) is 0 Å². The van der Waals surface area contributed by atoms with Crippen molar-refractivity contribution in [2.45, 2.75) is 37.8 Å². The second kappa shape index (κ2) is 7.32. The van der Waals surface area contributed by atoms with Crippen molar-refractivity contribution in [2.75, 3.05) is 19.0 Å². The van der Waals surface area contributed by atoms with Gasteiger partial charge < -0.3 is 18.9 Å². The third kappa shape index (κ3) is 4.64. The zero-order valence-electron chi connectivity index (χ0n) is 14.0. The molecule has 9 heteroatoms. The lowest BCUT2D eigenvalue weighted by Gasteiger charge is -2.28. The van der Waals surface area contributed by atoms with Gasteiger partial charge in [0.05, 0.1) is 13.7 Å². The van der Waals surface area contributed by atoms with Crippen LogP contribution in [-0.4, -0.2) is 49.7 Å². The molecule has 1 aromatic carbocycles. The molecule has 2 atom stereocenters. The van der Waals surface area contributed by atoms with Crippen LogP contribution in [0.4, 0.5) is 19.3 Å². The maximum absolute atomic E-state index is 14.4. The second-order valence-corrected chi connectivity index (χ2v) is 5.80. The lowest BCUT2D eigenvalue weighted by molar-refractivity contribution is -0.207. The number of hydrogen-bond acceptors (Lipinski definition) is 6. The van der Waals surface area contributed by atoms with Crippen LogP contribution in [0.1, 0.15) is 13.8 Å². The number of anilines is 1. The van der Waals surface area contributed by atoms with Crippen molar-refractivity contribution in [3.8, 4) is 0 Å². The van der Waals surface area contributed by atoms with Gasteiger partial charge >= 0.3 is 18.0 Å². The molecule has 1 saturated heterocycles. The van der Waals surface area contributed by atoms with Gasteiger partial charge in [0.1, 0.15) is 6.10 Å². The molecule has 0 saturated carbocycles. The molecule has 7 nitrogen and oxygen atoms in total. The van der Waals surface area contributed by atoms with E-state index in [9.17, 15) is 18.4 Å². The number of para-hydroxylation sites is 1. The largest absolute Gasteiger partial charge is 0.464 e. The fraction of sp³-hybridized carbons (Fsp3) is 0.500. The van der Waals surface area contributed by atoms with Crippen LogP contribution in [0.25, 0.3) is 0 Å². The summed E-state index contributed by atoms with van der Waals surface area (Å²) in [7, 11) is 0.813. The smallest absolute Gasteiger partial charge is 0.412 e. The van der Waals surface area contributed by atoms with Gasteiger partial charge in [0.2, 0.25) is 6.10 Å². The maximum atomic E-state index is 14.4. The highest BCUT2D eigenvalue weighted by atomic mass is 19.3. The molecule has 138 valence electrons. The van der Waals surface area contributed by atoms with E-state index in [1.807, 2.05) is 0 Å². The predicted molar refractivity (Wildman–Crippen MR) is 82.2 cm³/mol. The number of rotatable bonds is 5. The molecule has 1 aliphatic rings. The fourth-order valence-electron chi connectivity index (χ4n) is 2.28. The van der Waals surface area contributed by atoms with Gasteiger partial charge in [0.15, 0.2) is 5.79 Å². The third-order valence-corrected chi connectivity index (χ3v) is 3.44. The van der Waals surface area contributed by atoms with E-state index >= 15 is 0 Å². The average Bonchev–Trinajstić information content (AvgIpc) is 2.92. The van der Waals surface area contributed by atoms with Gasteiger partial charge in [-0.3, -0.25) is 5.32 Å². The molecule has 1 amide bonds. The number of amides is 1. The Morgan fingerprint density at radius 3 is 2.48 bits per heavy atom. The first-order valence-electron chi connectivity index (χ1n) is 7.46. The Bertz CT molecular complexity index is 622. The summed E-state index contributed by atoms with van der Waals surface area (Å²) in [4.78, 5) is 23.4. The van der Waals surface area contributed by atoms with Crippen molar-refractivity contribution in [2.24, 2.45) is 0 Å². The topological polar surface area (TPSA) is 83.1 Å². The average molecular weight is 359 g/mol. The van der Waals surface area contributed by atoms with Gasteiger partial charge in [-0.15, -0.1) is 0 Å². The Kier molecular flexibility index (Phi) is 5.58. The molecule has 0 radical (unpaired) electrons. The van der Waals surface area contributed by atoms with Gasteiger partial charge in [0.25, 0.3) is 0 Å². The van der Waals surface area contributed by atoms with Gasteiger partial charge in [0, 0.05) is 5.69 Å². The molecule has 0 bridgehead atoms. The highest BCUT2D eigenvalue weighted by Gasteiger charge is 2.57. The lowest BCUT2D eigenvalue weighted by atomic mass is 10.1. The van der Waals surface area contributed by atoms with E-state index in [1.165, 1.54) is 13.8 Å². The van der Waals surface area contributed by atoms with Crippen LogP contribution in [0, 0.1) is 0 Å². The summed E-state index contributed by atoms with van der Waals surface area (Å²) < 4.78 is 48.2. The highest BCUT2D eigenvalue weighted by molar-refractivity contribution is 5.85. The summed E-state index contributed by atoms with van der Waals surface area (Å²) in [5, 5.41) is 2.30. The number of carbonyl (C=O) groups is 2. The quantitative estimate of drug-likeness (QED) is 0.814. The summed E-state index contributed by atoms with van der Waals surface area (Å²) in [5.74, 6) is -7.09. The van der Waals surface area contributed by atoms with E-state index < -0.39 is 36.0 Å². The highest BCUT2D eigenvalue weighted by Crippen LogP contribution is 2.33. The minimum Gasteiger partial charge on any atom is -0.464 e. The number of carbonyl (C=O) groups excluding carboxylic acids is 2. The number of nitrogens with one attached hydrogen (secondary N) is 1. The maximum Gasteiger partial charge on any atom is 0.412 e. The standard InChI is InChI=1S/C16H19F2NO6/c1-15(2)23-9-11(25-15)12(16(17,18)13(20)22-3)24-14(21)19-10-7-5-4-6-8-10/h4-8,11-12H,9H2,1-3H3,(H,19,21)/t11-,12?/m1/s1. The third-order valence-electron chi connectivity index (χ3n) is 3.44. The van der Waals surface area contributed by atoms with Gasteiger partial charge in [-0.25, -0.2) is 9.59 Å². The van der Waals surface area contributed by atoms with Gasteiger partial charge in [-0.1, -0.05) is 18.2 Å². The Labute approximate surface area is 143 Å². The van der Waals surface area contributed by atoms with Crippen molar-refractivity contribution < 1.29 is 37.3 Å². The van der Waals surface area contributed by atoms with E-state index in [2.05, 4.69) is 10.1 Å². The molecule has 1 unspecified atom stereocenters. The van der Waals surface area contributed by atoms with Crippen molar-refractivity contribution in [3.05, 3.63) is 30.3 Å². The van der Waals surface area contributed by atoms with E-state index in [1.54, 1.807) is 30.3 Å². The second-order valence-electron chi connectivity index (χ2n) is 5.80. The number of benzene rings is 1. The van der Waals surface area contributed by atoms with Crippen LogP contribution in [-0.2, 0) is 23.7 Å². The van der Waals surface area contributed by atoms with Gasteiger partial charge in [-0.05, 0) is 26.0 Å². The van der Waals surface area contributed by atoms with E-state index in [0.717, 1.165) is 7.11 Å². The van der Waals surface area contributed by atoms with Crippen LogP contribution in [0.3, 0.4) is 0 Å². The summed E-state index contributed by atoms with van der Waals surface area (Å²) in [6, 6.07) is 8.11. The first kappa shape index (κ1) is 19.1. The molecule has 0 aliphatic carbocycles. The molecule has 1 aromatic rings. The number of halogens is 2. The van der Waals surface area contributed by atoms with Crippen LogP contribution in [0.5, 0.6) is 0 Å². The zero-order chi connectivity index (χ0) is 18.7. The SMILES string of the molecule is COC(=O)C(F)(F)C(OC(=O)Nc1ccccc1)[C@H]1COC(C)(C)O1. The molecular formula is C16H19F2NO6. The Morgan fingerprint density at radius 2 is 1.96 bits per heavy atom. The van der Waals surface area contributed by atoms with Crippen LogP contribution in [0.2, 0.25) is 0 Å². The Hall–Kier alpha value is -2.26. The number of alkyl halides is 2. The van der Waals surface area contributed by atoms with Crippen molar-refractivity contribution >= 4 is 17.7 Å². The zero-order valence-corrected chi connectivity index (χ0v) is 14.0. The summed E-state index contributed by atoms with van der Waals surface area (Å²) >= 11 is 0. The summed E-state index contributed by atoms with van der Waals surface area (Å²) in [5.41, 5.74) is 0.344. The normalized spacial score (nSPS) is 20.6. The molecular weight excluding hydrogens is 340 g/mol. The van der Waals surface area contributed by atoms with Crippen LogP contribution in [0.15, 0.2) is 30.3 Å². The number of ether oxygens (including phenoxy) is 4. The van der Waals surface area contributed by atoms with E-state index in [4.69, 9.17) is 14.2 Å². The number of methoxy groups -OCH3 is 1. The fourth-order valence-corrected chi connectivity index (χ4v) is 2.28. The molecule has 0 spiro atoms. The Balaban J connectivity index is 2.17. The van der Waals surface area contributed by atoms with Crippen molar-refractivity contribution in [1.29, 1.82) is 0 Å². The minimum atomic E-state index is -4.11. The lowest BCUT2D eigenvalue weighted by Crippen LogP contribution is -2.52. The monoisotopic (exact) mass is 359 g/mol. The van der Waals surface area contributed by atoms with E-state index in [-0.39, 0.29) is 6.61 Å². The van der Waals surface area contributed by atoms with Crippen LogP contribution < -0.4 is 5.32 Å². The van der Waals surface area contributed by atoms with E-state index in [0.29, 0.717) is 5.69 Å². The molecule has 2 rings (SSSR count). The molecule has 1 N–H and O–H groups in total. The molecule has 1 fully saturated rings.